The number of hydrogen-bond donors (Lipinski definition) is 0. The first-order valence-corrected chi connectivity index (χ1v) is 12.7. The van der Waals surface area contributed by atoms with E-state index in [4.69, 9.17) is 19.3 Å². The molecule has 1 unspecified atom stereocenters. The van der Waals surface area contributed by atoms with Gasteiger partial charge in [-0.3, -0.25) is 9.67 Å². The van der Waals surface area contributed by atoms with E-state index in [1.165, 1.54) is 7.11 Å². The molecule has 3 aromatic heterocycles. The van der Waals surface area contributed by atoms with E-state index < -0.39 is 0 Å². The number of methoxy groups -OCH3 is 1. The molecule has 7 heteroatoms. The highest BCUT2D eigenvalue weighted by Gasteiger charge is 2.24. The summed E-state index contributed by atoms with van der Waals surface area (Å²) in [4.78, 5) is 16.7. The second kappa shape index (κ2) is 10.0. The molecule has 1 atom stereocenters. The van der Waals surface area contributed by atoms with E-state index >= 15 is 0 Å². The van der Waals surface area contributed by atoms with Gasteiger partial charge in [0.1, 0.15) is 17.5 Å². The lowest BCUT2D eigenvalue weighted by Gasteiger charge is -2.19. The maximum atomic E-state index is 12.0. The molecule has 0 aliphatic rings. The van der Waals surface area contributed by atoms with Gasteiger partial charge in [0.2, 0.25) is 0 Å². The van der Waals surface area contributed by atoms with E-state index in [1.54, 1.807) is 18.3 Å². The summed E-state index contributed by atoms with van der Waals surface area (Å²) >= 11 is 0. The summed E-state index contributed by atoms with van der Waals surface area (Å²) in [6.07, 6.45) is 1.80. The molecular weight excluding hydrogens is 488 g/mol. The first-order valence-electron chi connectivity index (χ1n) is 12.7. The number of fused-ring (bicyclic) bond motifs is 1. The third-order valence-corrected chi connectivity index (χ3v) is 6.94. The molecule has 0 saturated heterocycles. The first kappa shape index (κ1) is 24.3. The number of carbonyl (C=O) groups excluding carboxylic acids is 1. The molecule has 0 amide bonds. The number of aromatic nitrogens is 4. The number of aryl methyl sites for hydroxylation is 2. The molecule has 0 aliphatic heterocycles. The van der Waals surface area contributed by atoms with Crippen molar-refractivity contribution in [3.05, 3.63) is 125 Å². The molecule has 3 heterocycles. The fourth-order valence-electron chi connectivity index (χ4n) is 5.09. The Morgan fingerprint density at radius 2 is 1.64 bits per heavy atom. The molecule has 0 spiro atoms. The minimum atomic E-state index is -0.375. The van der Waals surface area contributed by atoms with Crippen LogP contribution in [0.2, 0.25) is 0 Å². The molecule has 0 bridgehead atoms. The molecule has 0 aliphatic carbocycles. The smallest absolute Gasteiger partial charge is 0.337 e. The summed E-state index contributed by atoms with van der Waals surface area (Å²) in [6, 6.07) is 29.5. The number of benzene rings is 3. The maximum Gasteiger partial charge on any atom is 0.337 e. The SMILES string of the molecule is COC(=O)c1ccc(-c2nn(C(c3ccccc3)c3ccccn3)c3cc(-c4c(C)noc4C)ccc23)cc1. The maximum absolute atomic E-state index is 12.0. The number of nitrogens with zero attached hydrogens (tertiary/aromatic N) is 4. The van der Waals surface area contributed by atoms with E-state index in [0.717, 1.165) is 56.0 Å². The molecule has 6 rings (SSSR count). The van der Waals surface area contributed by atoms with Gasteiger partial charge in [0.05, 0.1) is 29.6 Å². The third-order valence-electron chi connectivity index (χ3n) is 6.94. The van der Waals surface area contributed by atoms with Crippen molar-refractivity contribution in [1.82, 2.24) is 19.9 Å². The highest BCUT2D eigenvalue weighted by atomic mass is 16.5. The zero-order valence-corrected chi connectivity index (χ0v) is 21.8. The van der Waals surface area contributed by atoms with Gasteiger partial charge in [-0.05, 0) is 61.4 Å². The van der Waals surface area contributed by atoms with Crippen LogP contribution in [0.5, 0.6) is 0 Å². The monoisotopic (exact) mass is 514 g/mol. The van der Waals surface area contributed by atoms with Crippen LogP contribution in [0, 0.1) is 13.8 Å². The van der Waals surface area contributed by atoms with Crippen molar-refractivity contribution in [2.24, 2.45) is 0 Å². The fourth-order valence-corrected chi connectivity index (χ4v) is 5.09. The largest absolute Gasteiger partial charge is 0.465 e. The molecule has 0 radical (unpaired) electrons. The van der Waals surface area contributed by atoms with Crippen molar-refractivity contribution >= 4 is 16.9 Å². The van der Waals surface area contributed by atoms with Crippen LogP contribution in [0.25, 0.3) is 33.3 Å². The Labute approximate surface area is 225 Å². The molecule has 3 aromatic carbocycles. The van der Waals surface area contributed by atoms with Crippen LogP contribution in [0.4, 0.5) is 0 Å². The standard InChI is InChI=1S/C32H26N4O3/c1-20-29(21(2)39-35-20)25-16-17-26-28(19-25)36(34-30(26)22-12-14-24(15-13-22)32(37)38-3)31(23-9-5-4-6-10-23)27-11-7-8-18-33-27/h4-19,31H,1-3H3. The van der Waals surface area contributed by atoms with E-state index in [-0.39, 0.29) is 12.0 Å². The van der Waals surface area contributed by atoms with Gasteiger partial charge in [0, 0.05) is 22.7 Å². The van der Waals surface area contributed by atoms with Crippen molar-refractivity contribution in [3.63, 3.8) is 0 Å². The van der Waals surface area contributed by atoms with Crippen LogP contribution in [-0.2, 0) is 4.74 Å². The lowest BCUT2D eigenvalue weighted by molar-refractivity contribution is 0.0600. The minimum Gasteiger partial charge on any atom is -0.465 e. The average molecular weight is 515 g/mol. The molecule has 0 saturated carbocycles. The summed E-state index contributed by atoms with van der Waals surface area (Å²) in [5.41, 5.74) is 7.89. The molecule has 6 aromatic rings. The van der Waals surface area contributed by atoms with Gasteiger partial charge < -0.3 is 9.26 Å². The van der Waals surface area contributed by atoms with Crippen LogP contribution < -0.4 is 0 Å². The highest BCUT2D eigenvalue weighted by molar-refractivity contribution is 5.97. The lowest BCUT2D eigenvalue weighted by Crippen LogP contribution is -2.15. The Hall–Kier alpha value is -5.04. The zero-order valence-electron chi connectivity index (χ0n) is 21.8. The molecule has 192 valence electrons. The van der Waals surface area contributed by atoms with Crippen molar-refractivity contribution in [2.75, 3.05) is 7.11 Å². The van der Waals surface area contributed by atoms with E-state index in [9.17, 15) is 4.79 Å². The second-order valence-corrected chi connectivity index (χ2v) is 9.36. The highest BCUT2D eigenvalue weighted by Crippen LogP contribution is 2.37. The molecular formula is C32H26N4O3. The van der Waals surface area contributed by atoms with Crippen molar-refractivity contribution in [1.29, 1.82) is 0 Å². The molecule has 39 heavy (non-hydrogen) atoms. The van der Waals surface area contributed by atoms with E-state index in [1.807, 2.05) is 67.1 Å². The van der Waals surface area contributed by atoms with Gasteiger partial charge >= 0.3 is 5.97 Å². The van der Waals surface area contributed by atoms with Gasteiger partial charge in [-0.1, -0.05) is 59.8 Å². The van der Waals surface area contributed by atoms with E-state index in [2.05, 4.69) is 35.5 Å². The summed E-state index contributed by atoms with van der Waals surface area (Å²) < 4.78 is 12.4. The van der Waals surface area contributed by atoms with Crippen LogP contribution in [0.1, 0.15) is 39.1 Å². The van der Waals surface area contributed by atoms with Gasteiger partial charge in [-0.2, -0.15) is 5.10 Å². The van der Waals surface area contributed by atoms with Crippen molar-refractivity contribution in [3.8, 4) is 22.4 Å². The van der Waals surface area contributed by atoms with Crippen LogP contribution >= 0.6 is 0 Å². The predicted octanol–water partition coefficient (Wildman–Crippen LogP) is 6.79. The summed E-state index contributed by atoms with van der Waals surface area (Å²) in [7, 11) is 1.38. The summed E-state index contributed by atoms with van der Waals surface area (Å²) in [6.45, 7) is 3.87. The topological polar surface area (TPSA) is 83.0 Å². The van der Waals surface area contributed by atoms with Crippen LogP contribution in [0.15, 0.2) is 102 Å². The number of pyridine rings is 1. The van der Waals surface area contributed by atoms with Gasteiger partial charge in [-0.25, -0.2) is 4.79 Å². The Balaban J connectivity index is 1.61. The molecule has 0 N–H and O–H groups in total. The lowest BCUT2D eigenvalue weighted by atomic mass is 9.99. The Bertz CT molecular complexity index is 1710. The normalized spacial score (nSPS) is 12.0. The number of carbonyl (C=O) groups is 1. The third kappa shape index (κ3) is 4.38. The van der Waals surface area contributed by atoms with Crippen molar-refractivity contribution < 1.29 is 14.1 Å². The van der Waals surface area contributed by atoms with Crippen LogP contribution in [0.3, 0.4) is 0 Å². The zero-order chi connectivity index (χ0) is 26.9. The number of hydrogen-bond acceptors (Lipinski definition) is 6. The summed E-state index contributed by atoms with van der Waals surface area (Å²) in [5.74, 6) is 0.390. The number of esters is 1. The quantitative estimate of drug-likeness (QED) is 0.228. The average Bonchev–Trinajstić information content (AvgIpc) is 3.52. The molecule has 7 nitrogen and oxygen atoms in total. The van der Waals surface area contributed by atoms with Gasteiger partial charge in [0.15, 0.2) is 0 Å². The fraction of sp³-hybridized carbons (Fsp3) is 0.125. The van der Waals surface area contributed by atoms with E-state index in [0.29, 0.717) is 5.56 Å². The second-order valence-electron chi connectivity index (χ2n) is 9.36. The number of ether oxygens (including phenoxy) is 1. The van der Waals surface area contributed by atoms with Gasteiger partial charge in [-0.15, -0.1) is 0 Å². The Kier molecular flexibility index (Phi) is 6.25. The first-order chi connectivity index (χ1) is 19.0. The van der Waals surface area contributed by atoms with Crippen LogP contribution in [-0.4, -0.2) is 33.0 Å². The Morgan fingerprint density at radius 1 is 0.897 bits per heavy atom. The predicted molar refractivity (Wildman–Crippen MR) is 149 cm³/mol. The van der Waals surface area contributed by atoms with Crippen molar-refractivity contribution in [2.45, 2.75) is 19.9 Å². The van der Waals surface area contributed by atoms with Gasteiger partial charge in [0.25, 0.3) is 0 Å². The number of rotatable bonds is 6. The molecule has 0 fully saturated rings. The summed E-state index contributed by atoms with van der Waals surface area (Å²) in [5, 5.41) is 10.3. The minimum absolute atomic E-state index is 0.266. The Morgan fingerprint density at radius 3 is 2.31 bits per heavy atom.